The highest BCUT2D eigenvalue weighted by atomic mass is 16.5. The summed E-state index contributed by atoms with van der Waals surface area (Å²) < 4.78 is 4.73. The third-order valence-electron chi connectivity index (χ3n) is 3.45. The molecule has 0 radical (unpaired) electrons. The van der Waals surface area contributed by atoms with Crippen LogP contribution in [0.3, 0.4) is 0 Å². The normalized spacial score (nSPS) is 33.5. The van der Waals surface area contributed by atoms with Crippen LogP contribution in [0.25, 0.3) is 0 Å². The van der Waals surface area contributed by atoms with Crippen molar-refractivity contribution in [1.82, 2.24) is 0 Å². The molecule has 3 heteroatoms. The summed E-state index contributed by atoms with van der Waals surface area (Å²) in [5.41, 5.74) is 6.01. The molecule has 1 aromatic rings. The fourth-order valence-electron chi connectivity index (χ4n) is 2.16. The quantitative estimate of drug-likeness (QED) is 0.738. The number of esters is 1. The number of ether oxygens (including phenoxy) is 1. The SMILES string of the molecule is COC(=O)[C@]1(N)C[C@@]1(C)c1ccccc1. The lowest BCUT2D eigenvalue weighted by Gasteiger charge is -2.16. The van der Waals surface area contributed by atoms with Gasteiger partial charge in [0.05, 0.1) is 7.11 Å². The van der Waals surface area contributed by atoms with Crippen molar-refractivity contribution < 1.29 is 9.53 Å². The van der Waals surface area contributed by atoms with Crippen LogP contribution in [-0.4, -0.2) is 18.6 Å². The fourth-order valence-corrected chi connectivity index (χ4v) is 2.16. The molecule has 1 aliphatic rings. The molecule has 15 heavy (non-hydrogen) atoms. The van der Waals surface area contributed by atoms with Crippen molar-refractivity contribution in [2.24, 2.45) is 5.73 Å². The average molecular weight is 205 g/mol. The van der Waals surface area contributed by atoms with Crippen molar-refractivity contribution in [3.8, 4) is 0 Å². The van der Waals surface area contributed by atoms with Gasteiger partial charge in [0.1, 0.15) is 5.54 Å². The van der Waals surface area contributed by atoms with Crippen molar-refractivity contribution >= 4 is 5.97 Å². The van der Waals surface area contributed by atoms with Gasteiger partial charge in [0.25, 0.3) is 0 Å². The summed E-state index contributed by atoms with van der Waals surface area (Å²) in [7, 11) is 1.38. The van der Waals surface area contributed by atoms with Crippen molar-refractivity contribution in [2.75, 3.05) is 7.11 Å². The van der Waals surface area contributed by atoms with Crippen LogP contribution >= 0.6 is 0 Å². The van der Waals surface area contributed by atoms with Crippen LogP contribution < -0.4 is 5.73 Å². The van der Waals surface area contributed by atoms with Gasteiger partial charge in [-0.1, -0.05) is 37.3 Å². The van der Waals surface area contributed by atoms with Crippen LogP contribution in [0.2, 0.25) is 0 Å². The van der Waals surface area contributed by atoms with E-state index in [0.29, 0.717) is 6.42 Å². The summed E-state index contributed by atoms with van der Waals surface area (Å²) in [5, 5.41) is 0. The first-order valence-corrected chi connectivity index (χ1v) is 4.97. The maximum Gasteiger partial charge on any atom is 0.326 e. The molecule has 0 aliphatic heterocycles. The van der Waals surface area contributed by atoms with Crippen molar-refractivity contribution in [1.29, 1.82) is 0 Å². The van der Waals surface area contributed by atoms with Crippen LogP contribution in [-0.2, 0) is 14.9 Å². The van der Waals surface area contributed by atoms with E-state index in [1.807, 2.05) is 37.3 Å². The number of hydrogen-bond acceptors (Lipinski definition) is 3. The Morgan fingerprint density at radius 2 is 2.00 bits per heavy atom. The summed E-state index contributed by atoms with van der Waals surface area (Å²) in [5.74, 6) is -0.325. The molecule has 1 fully saturated rings. The van der Waals surface area contributed by atoms with Gasteiger partial charge in [0.2, 0.25) is 0 Å². The Kier molecular flexibility index (Phi) is 2.08. The number of hydrogen-bond donors (Lipinski definition) is 1. The predicted octanol–water partition coefficient (Wildman–Crippen LogP) is 1.22. The number of benzene rings is 1. The summed E-state index contributed by atoms with van der Waals surface area (Å²) >= 11 is 0. The van der Waals surface area contributed by atoms with Crippen molar-refractivity contribution in [3.05, 3.63) is 35.9 Å². The smallest absolute Gasteiger partial charge is 0.326 e. The highest BCUT2D eigenvalue weighted by Crippen LogP contribution is 2.56. The molecular weight excluding hydrogens is 190 g/mol. The van der Waals surface area contributed by atoms with Gasteiger partial charge < -0.3 is 10.5 Å². The molecule has 2 rings (SSSR count). The lowest BCUT2D eigenvalue weighted by molar-refractivity contribution is -0.143. The molecule has 0 amide bonds. The fraction of sp³-hybridized carbons (Fsp3) is 0.417. The second-order valence-corrected chi connectivity index (χ2v) is 4.34. The van der Waals surface area contributed by atoms with Crippen LogP contribution in [0.4, 0.5) is 0 Å². The zero-order chi connectivity index (χ0) is 11.1. The van der Waals surface area contributed by atoms with E-state index in [-0.39, 0.29) is 11.4 Å². The second kappa shape index (κ2) is 3.07. The lowest BCUT2D eigenvalue weighted by atomic mass is 9.93. The first-order valence-electron chi connectivity index (χ1n) is 4.97. The van der Waals surface area contributed by atoms with Gasteiger partial charge >= 0.3 is 5.97 Å². The minimum absolute atomic E-state index is 0.276. The molecular formula is C12H15NO2. The van der Waals surface area contributed by atoms with E-state index >= 15 is 0 Å². The Bertz CT molecular complexity index is 390. The van der Waals surface area contributed by atoms with E-state index < -0.39 is 5.54 Å². The van der Waals surface area contributed by atoms with E-state index in [1.165, 1.54) is 7.11 Å². The first-order chi connectivity index (χ1) is 7.04. The molecule has 80 valence electrons. The summed E-state index contributed by atoms with van der Waals surface area (Å²) in [4.78, 5) is 11.5. The third kappa shape index (κ3) is 1.27. The van der Waals surface area contributed by atoms with Crippen LogP contribution in [0.5, 0.6) is 0 Å². The summed E-state index contributed by atoms with van der Waals surface area (Å²) in [6, 6.07) is 9.86. The molecule has 0 saturated heterocycles. The summed E-state index contributed by atoms with van der Waals surface area (Å²) in [6.07, 6.45) is 0.649. The Balaban J connectivity index is 2.31. The lowest BCUT2D eigenvalue weighted by Crippen LogP contribution is -2.41. The number of carbonyl (C=O) groups is 1. The highest BCUT2D eigenvalue weighted by molar-refractivity contribution is 5.88. The summed E-state index contributed by atoms with van der Waals surface area (Å²) in [6.45, 7) is 2.00. The topological polar surface area (TPSA) is 52.3 Å². The Morgan fingerprint density at radius 1 is 1.40 bits per heavy atom. The van der Waals surface area contributed by atoms with Crippen molar-refractivity contribution in [2.45, 2.75) is 24.3 Å². The molecule has 0 spiro atoms. The largest absolute Gasteiger partial charge is 0.468 e. The molecule has 2 atom stereocenters. The monoisotopic (exact) mass is 205 g/mol. The molecule has 0 heterocycles. The van der Waals surface area contributed by atoms with Gasteiger partial charge in [-0.05, 0) is 12.0 Å². The van der Waals surface area contributed by atoms with Gasteiger partial charge in [0, 0.05) is 5.41 Å². The average Bonchev–Trinajstić information content (AvgIpc) is 2.85. The minimum atomic E-state index is -0.844. The van der Waals surface area contributed by atoms with E-state index in [1.54, 1.807) is 0 Å². The van der Waals surface area contributed by atoms with Gasteiger partial charge in [-0.3, -0.25) is 4.79 Å². The standard InChI is InChI=1S/C12H15NO2/c1-11(9-6-4-3-5-7-9)8-12(11,13)10(14)15-2/h3-7H,8,13H2,1-2H3/t11-,12+/m0/s1. The molecule has 0 aromatic heterocycles. The molecule has 0 unspecified atom stereocenters. The van der Waals surface area contributed by atoms with Crippen LogP contribution in [0.15, 0.2) is 30.3 Å². The maximum atomic E-state index is 11.5. The maximum absolute atomic E-state index is 11.5. The first kappa shape index (κ1) is 10.2. The zero-order valence-electron chi connectivity index (χ0n) is 8.99. The number of methoxy groups -OCH3 is 1. The molecule has 3 nitrogen and oxygen atoms in total. The number of carbonyl (C=O) groups excluding carboxylic acids is 1. The van der Waals surface area contributed by atoms with E-state index in [0.717, 1.165) is 5.56 Å². The van der Waals surface area contributed by atoms with Gasteiger partial charge in [-0.25, -0.2) is 0 Å². The third-order valence-corrected chi connectivity index (χ3v) is 3.45. The predicted molar refractivity (Wildman–Crippen MR) is 57.3 cm³/mol. The highest BCUT2D eigenvalue weighted by Gasteiger charge is 2.68. The Morgan fingerprint density at radius 3 is 2.53 bits per heavy atom. The second-order valence-electron chi connectivity index (χ2n) is 4.34. The van der Waals surface area contributed by atoms with E-state index in [9.17, 15) is 4.79 Å². The zero-order valence-corrected chi connectivity index (χ0v) is 8.99. The molecule has 0 bridgehead atoms. The van der Waals surface area contributed by atoms with Crippen LogP contribution in [0.1, 0.15) is 18.9 Å². The molecule has 1 aliphatic carbocycles. The number of nitrogens with two attached hydrogens (primary N) is 1. The van der Waals surface area contributed by atoms with Crippen LogP contribution in [0, 0.1) is 0 Å². The van der Waals surface area contributed by atoms with E-state index in [2.05, 4.69) is 0 Å². The molecule has 2 N–H and O–H groups in total. The van der Waals surface area contributed by atoms with Gasteiger partial charge in [-0.2, -0.15) is 0 Å². The Labute approximate surface area is 89.2 Å². The molecule has 1 aromatic carbocycles. The van der Waals surface area contributed by atoms with Gasteiger partial charge in [0.15, 0.2) is 0 Å². The van der Waals surface area contributed by atoms with Gasteiger partial charge in [-0.15, -0.1) is 0 Å². The number of rotatable bonds is 2. The van der Waals surface area contributed by atoms with E-state index in [4.69, 9.17) is 10.5 Å². The Hall–Kier alpha value is -1.35. The minimum Gasteiger partial charge on any atom is -0.468 e. The molecule has 1 saturated carbocycles. The van der Waals surface area contributed by atoms with Crippen molar-refractivity contribution in [3.63, 3.8) is 0 Å².